The summed E-state index contributed by atoms with van der Waals surface area (Å²) < 4.78 is 7.76. The number of aromatic nitrogens is 2. The molecule has 0 saturated carbocycles. The number of hydrogen-bond donors (Lipinski definition) is 0. The minimum absolute atomic E-state index is 0.496. The number of ether oxygens (including phenoxy) is 1. The van der Waals surface area contributed by atoms with Crippen LogP contribution in [0.4, 0.5) is 0 Å². The number of rotatable bonds is 3. The molecule has 3 nitrogen and oxygen atoms in total. The monoisotopic (exact) mass is 252 g/mol. The van der Waals surface area contributed by atoms with Crippen molar-refractivity contribution in [2.45, 2.75) is 13.5 Å². The van der Waals surface area contributed by atoms with Crippen LogP contribution >= 0.6 is 0 Å². The van der Waals surface area contributed by atoms with E-state index in [1.54, 1.807) is 0 Å². The maximum absolute atomic E-state index is 5.90. The maximum Gasteiger partial charge on any atom is 0.132 e. The normalized spacial score (nSPS) is 10.8. The molecule has 0 saturated heterocycles. The molecule has 0 aliphatic rings. The maximum atomic E-state index is 5.90. The molecular weight excluding hydrogens is 236 g/mol. The molecule has 0 aliphatic carbocycles. The molecule has 1 heterocycles. The molecule has 3 heteroatoms. The number of fused-ring (bicyclic) bond motifs is 1. The van der Waals surface area contributed by atoms with Crippen LogP contribution in [0.1, 0.15) is 11.4 Å². The Balaban J connectivity index is 1.85. The molecule has 19 heavy (non-hydrogen) atoms. The summed E-state index contributed by atoms with van der Waals surface area (Å²) in [6.45, 7) is 2.53. The summed E-state index contributed by atoms with van der Waals surface area (Å²) in [5.41, 5.74) is 2.09. The average Bonchev–Trinajstić information content (AvgIpc) is 2.75. The third-order valence-electron chi connectivity index (χ3n) is 3.29. The van der Waals surface area contributed by atoms with Crippen molar-refractivity contribution in [2.75, 3.05) is 0 Å². The third kappa shape index (κ3) is 2.32. The molecule has 0 atom stereocenters. The standard InChI is InChI=1S/C16H16N2O/c1-12-10-14(17-18(12)2)11-19-16-9-5-7-13-6-3-4-8-15(13)16/h3-10H,11H2,1-2H3. The Labute approximate surface area is 112 Å². The fourth-order valence-corrected chi connectivity index (χ4v) is 2.18. The van der Waals surface area contributed by atoms with Crippen molar-refractivity contribution in [2.24, 2.45) is 7.05 Å². The Hall–Kier alpha value is -2.29. The van der Waals surface area contributed by atoms with Gasteiger partial charge in [-0.3, -0.25) is 4.68 Å². The van der Waals surface area contributed by atoms with Crippen LogP contribution in [0.3, 0.4) is 0 Å². The zero-order valence-electron chi connectivity index (χ0n) is 11.1. The highest BCUT2D eigenvalue weighted by Gasteiger charge is 2.04. The molecule has 1 aromatic heterocycles. The van der Waals surface area contributed by atoms with Crippen molar-refractivity contribution >= 4 is 10.8 Å². The SMILES string of the molecule is Cc1cc(COc2cccc3ccccc23)nn1C. The number of benzene rings is 2. The Morgan fingerprint density at radius 1 is 1.11 bits per heavy atom. The van der Waals surface area contributed by atoms with Gasteiger partial charge in [0, 0.05) is 18.1 Å². The molecule has 3 rings (SSSR count). The topological polar surface area (TPSA) is 27.1 Å². The molecular formula is C16H16N2O. The van der Waals surface area contributed by atoms with E-state index in [9.17, 15) is 0 Å². The zero-order valence-corrected chi connectivity index (χ0v) is 11.1. The molecule has 96 valence electrons. The Morgan fingerprint density at radius 3 is 2.68 bits per heavy atom. The van der Waals surface area contributed by atoms with Gasteiger partial charge in [0.25, 0.3) is 0 Å². The molecule has 0 unspecified atom stereocenters. The highest BCUT2D eigenvalue weighted by molar-refractivity contribution is 5.88. The predicted octanol–water partition coefficient (Wildman–Crippen LogP) is 3.46. The van der Waals surface area contributed by atoms with Gasteiger partial charge in [0.2, 0.25) is 0 Å². The lowest BCUT2D eigenvalue weighted by Gasteiger charge is -2.07. The van der Waals surface area contributed by atoms with Crippen LogP contribution in [0.25, 0.3) is 10.8 Å². The first-order valence-electron chi connectivity index (χ1n) is 6.34. The minimum atomic E-state index is 0.496. The van der Waals surface area contributed by atoms with Crippen molar-refractivity contribution in [3.05, 3.63) is 59.9 Å². The van der Waals surface area contributed by atoms with Crippen molar-refractivity contribution < 1.29 is 4.74 Å². The second-order valence-corrected chi connectivity index (χ2v) is 4.67. The van der Waals surface area contributed by atoms with E-state index in [1.165, 1.54) is 5.39 Å². The lowest BCUT2D eigenvalue weighted by atomic mass is 10.1. The fraction of sp³-hybridized carbons (Fsp3) is 0.188. The predicted molar refractivity (Wildman–Crippen MR) is 76.2 cm³/mol. The largest absolute Gasteiger partial charge is 0.487 e. The van der Waals surface area contributed by atoms with Gasteiger partial charge in [-0.1, -0.05) is 36.4 Å². The van der Waals surface area contributed by atoms with E-state index in [2.05, 4.69) is 23.3 Å². The van der Waals surface area contributed by atoms with E-state index in [0.717, 1.165) is 22.5 Å². The van der Waals surface area contributed by atoms with Crippen LogP contribution in [0.15, 0.2) is 48.5 Å². The fourth-order valence-electron chi connectivity index (χ4n) is 2.18. The molecule has 0 fully saturated rings. The van der Waals surface area contributed by atoms with Crippen molar-refractivity contribution in [3.63, 3.8) is 0 Å². The molecule has 0 radical (unpaired) electrons. The first-order chi connectivity index (χ1) is 9.24. The molecule has 2 aromatic carbocycles. The molecule has 3 aromatic rings. The summed E-state index contributed by atoms with van der Waals surface area (Å²) in [5, 5.41) is 6.73. The van der Waals surface area contributed by atoms with Crippen molar-refractivity contribution in [1.29, 1.82) is 0 Å². The second kappa shape index (κ2) is 4.76. The summed E-state index contributed by atoms with van der Waals surface area (Å²) in [4.78, 5) is 0. The summed E-state index contributed by atoms with van der Waals surface area (Å²) in [6, 6.07) is 16.4. The van der Waals surface area contributed by atoms with Gasteiger partial charge in [-0.2, -0.15) is 5.10 Å². The van der Waals surface area contributed by atoms with Gasteiger partial charge in [0.05, 0.1) is 0 Å². The summed E-state index contributed by atoms with van der Waals surface area (Å²) in [5.74, 6) is 0.904. The highest BCUT2D eigenvalue weighted by atomic mass is 16.5. The average molecular weight is 252 g/mol. The van der Waals surface area contributed by atoms with Crippen LogP contribution in [-0.4, -0.2) is 9.78 Å². The Bertz CT molecular complexity index is 691. The first-order valence-corrected chi connectivity index (χ1v) is 6.34. The van der Waals surface area contributed by atoms with E-state index in [1.807, 2.05) is 49.0 Å². The first kappa shape index (κ1) is 11.8. The van der Waals surface area contributed by atoms with Crippen LogP contribution in [0.2, 0.25) is 0 Å². The summed E-state index contributed by atoms with van der Waals surface area (Å²) in [6.07, 6.45) is 0. The lowest BCUT2D eigenvalue weighted by molar-refractivity contribution is 0.304. The molecule has 0 spiro atoms. The summed E-state index contributed by atoms with van der Waals surface area (Å²) >= 11 is 0. The van der Waals surface area contributed by atoms with Crippen molar-refractivity contribution in [3.8, 4) is 5.75 Å². The van der Waals surface area contributed by atoms with Crippen molar-refractivity contribution in [1.82, 2.24) is 9.78 Å². The van der Waals surface area contributed by atoms with Crippen LogP contribution < -0.4 is 4.74 Å². The van der Waals surface area contributed by atoms with Gasteiger partial charge in [-0.05, 0) is 24.4 Å². The number of nitrogens with zero attached hydrogens (tertiary/aromatic N) is 2. The van der Waals surface area contributed by atoms with E-state index < -0.39 is 0 Å². The minimum Gasteiger partial charge on any atom is -0.487 e. The van der Waals surface area contributed by atoms with Gasteiger partial charge in [0.1, 0.15) is 18.1 Å². The van der Waals surface area contributed by atoms with E-state index in [0.29, 0.717) is 6.61 Å². The van der Waals surface area contributed by atoms with Gasteiger partial charge in [-0.25, -0.2) is 0 Å². The highest BCUT2D eigenvalue weighted by Crippen LogP contribution is 2.25. The van der Waals surface area contributed by atoms with Gasteiger partial charge >= 0.3 is 0 Å². The number of hydrogen-bond acceptors (Lipinski definition) is 2. The van der Waals surface area contributed by atoms with Crippen LogP contribution in [-0.2, 0) is 13.7 Å². The number of aryl methyl sites for hydroxylation is 2. The van der Waals surface area contributed by atoms with E-state index in [4.69, 9.17) is 4.74 Å². The zero-order chi connectivity index (χ0) is 13.2. The molecule has 0 aliphatic heterocycles. The second-order valence-electron chi connectivity index (χ2n) is 4.67. The van der Waals surface area contributed by atoms with Gasteiger partial charge in [-0.15, -0.1) is 0 Å². The Kier molecular flexibility index (Phi) is 2.95. The lowest BCUT2D eigenvalue weighted by Crippen LogP contribution is -1.98. The van der Waals surface area contributed by atoms with Gasteiger partial charge < -0.3 is 4.74 Å². The van der Waals surface area contributed by atoms with Crippen LogP contribution in [0.5, 0.6) is 5.75 Å². The van der Waals surface area contributed by atoms with Gasteiger partial charge in [0.15, 0.2) is 0 Å². The Morgan fingerprint density at radius 2 is 1.89 bits per heavy atom. The van der Waals surface area contributed by atoms with E-state index in [-0.39, 0.29) is 0 Å². The summed E-state index contributed by atoms with van der Waals surface area (Å²) in [7, 11) is 1.94. The smallest absolute Gasteiger partial charge is 0.132 e. The quantitative estimate of drug-likeness (QED) is 0.713. The third-order valence-corrected chi connectivity index (χ3v) is 3.29. The molecule has 0 N–H and O–H groups in total. The van der Waals surface area contributed by atoms with E-state index >= 15 is 0 Å². The molecule has 0 amide bonds. The van der Waals surface area contributed by atoms with Crippen LogP contribution in [0, 0.1) is 6.92 Å². The molecule has 0 bridgehead atoms.